The minimum Gasteiger partial charge on any atom is -0.330 e. The summed E-state index contributed by atoms with van der Waals surface area (Å²) in [4.78, 5) is 9.40. The fraction of sp³-hybridized carbons (Fsp3) is 0.412. The average molecular weight is 348 g/mol. The van der Waals surface area contributed by atoms with Crippen molar-refractivity contribution in [1.29, 1.82) is 0 Å². The van der Waals surface area contributed by atoms with Gasteiger partial charge in [-0.1, -0.05) is 15.9 Å². The number of benzene rings is 1. The number of hydrogen-bond acceptors (Lipinski definition) is 3. The van der Waals surface area contributed by atoms with E-state index in [4.69, 9.17) is 15.7 Å². The number of rotatable bonds is 4. The van der Waals surface area contributed by atoms with Gasteiger partial charge in [0, 0.05) is 21.4 Å². The van der Waals surface area contributed by atoms with Gasteiger partial charge in [0.25, 0.3) is 0 Å². The zero-order valence-corrected chi connectivity index (χ0v) is 14.7. The molecule has 0 atom stereocenters. The molecule has 0 saturated heterocycles. The van der Waals surface area contributed by atoms with Crippen molar-refractivity contribution >= 4 is 15.9 Å². The second-order valence-corrected chi connectivity index (χ2v) is 6.31. The Morgan fingerprint density at radius 3 is 2.00 bits per heavy atom. The summed E-state index contributed by atoms with van der Waals surface area (Å²) in [6.45, 7) is 9.00. The Bertz CT molecular complexity index is 619. The Morgan fingerprint density at radius 2 is 1.52 bits per heavy atom. The number of nitrogens with two attached hydrogens (primary N) is 1. The summed E-state index contributed by atoms with van der Waals surface area (Å²) in [5, 5.41) is 0. The summed E-state index contributed by atoms with van der Waals surface area (Å²) in [6.07, 6.45) is 1.92. The van der Waals surface area contributed by atoms with Crippen LogP contribution in [0.1, 0.15) is 34.5 Å². The van der Waals surface area contributed by atoms with Gasteiger partial charge in [-0.25, -0.2) is 9.97 Å². The fourth-order valence-electron chi connectivity index (χ4n) is 2.58. The molecular weight excluding hydrogens is 326 g/mol. The van der Waals surface area contributed by atoms with Gasteiger partial charge in [-0.15, -0.1) is 0 Å². The molecular formula is C17H22BrN3. The summed E-state index contributed by atoms with van der Waals surface area (Å²) in [7, 11) is 0. The standard InChI is InChI=1S/C17H22BrN3/c1-10-8-14(9-11(2)16(10)18)17-20-12(3)15(6-5-7-19)13(4)21-17/h8-9H,5-7,19H2,1-4H3. The van der Waals surface area contributed by atoms with Crippen LogP contribution in [-0.2, 0) is 6.42 Å². The fourth-order valence-corrected chi connectivity index (χ4v) is 2.81. The first-order chi connectivity index (χ1) is 9.93. The van der Waals surface area contributed by atoms with Crippen molar-refractivity contribution in [3.05, 3.63) is 44.7 Å². The number of aromatic nitrogens is 2. The zero-order chi connectivity index (χ0) is 15.6. The quantitative estimate of drug-likeness (QED) is 0.908. The third-order valence-corrected chi connectivity index (χ3v) is 5.00. The van der Waals surface area contributed by atoms with E-state index in [0.29, 0.717) is 6.54 Å². The first kappa shape index (κ1) is 16.1. The van der Waals surface area contributed by atoms with E-state index in [0.717, 1.165) is 40.1 Å². The highest BCUT2D eigenvalue weighted by atomic mass is 79.9. The van der Waals surface area contributed by atoms with Crippen LogP contribution >= 0.6 is 15.9 Å². The first-order valence-corrected chi connectivity index (χ1v) is 8.04. The second kappa shape index (κ2) is 6.67. The lowest BCUT2D eigenvalue weighted by Crippen LogP contribution is -2.06. The highest BCUT2D eigenvalue weighted by Gasteiger charge is 2.11. The third kappa shape index (κ3) is 3.50. The molecule has 0 amide bonds. The predicted molar refractivity (Wildman–Crippen MR) is 91.5 cm³/mol. The Balaban J connectivity index is 2.46. The zero-order valence-electron chi connectivity index (χ0n) is 13.1. The van der Waals surface area contributed by atoms with E-state index in [9.17, 15) is 0 Å². The Hall–Kier alpha value is -1.26. The van der Waals surface area contributed by atoms with E-state index >= 15 is 0 Å². The molecule has 2 aromatic rings. The van der Waals surface area contributed by atoms with Crippen molar-refractivity contribution in [1.82, 2.24) is 9.97 Å². The molecule has 0 aliphatic heterocycles. The van der Waals surface area contributed by atoms with Gasteiger partial charge < -0.3 is 5.73 Å². The lowest BCUT2D eigenvalue weighted by molar-refractivity contribution is 0.806. The van der Waals surface area contributed by atoms with E-state index in [1.807, 2.05) is 0 Å². The third-order valence-electron chi connectivity index (χ3n) is 3.75. The van der Waals surface area contributed by atoms with Gasteiger partial charge >= 0.3 is 0 Å². The normalized spacial score (nSPS) is 11.0. The highest BCUT2D eigenvalue weighted by molar-refractivity contribution is 9.10. The number of halogens is 1. The molecule has 21 heavy (non-hydrogen) atoms. The largest absolute Gasteiger partial charge is 0.330 e. The van der Waals surface area contributed by atoms with Gasteiger partial charge in [0.15, 0.2) is 5.82 Å². The molecule has 1 heterocycles. The van der Waals surface area contributed by atoms with Gasteiger partial charge in [-0.2, -0.15) is 0 Å². The number of hydrogen-bond donors (Lipinski definition) is 1. The Morgan fingerprint density at radius 1 is 1.00 bits per heavy atom. The smallest absolute Gasteiger partial charge is 0.159 e. The predicted octanol–water partition coefficient (Wildman–Crippen LogP) is 4.03. The molecule has 0 spiro atoms. The maximum atomic E-state index is 5.60. The van der Waals surface area contributed by atoms with Crippen molar-refractivity contribution in [3.8, 4) is 11.4 Å². The van der Waals surface area contributed by atoms with E-state index < -0.39 is 0 Å². The van der Waals surface area contributed by atoms with Crippen LogP contribution in [0.4, 0.5) is 0 Å². The second-order valence-electron chi connectivity index (χ2n) is 5.51. The lowest BCUT2D eigenvalue weighted by Gasteiger charge is -2.12. The van der Waals surface area contributed by atoms with E-state index in [1.54, 1.807) is 0 Å². The molecule has 1 aromatic heterocycles. The van der Waals surface area contributed by atoms with Gasteiger partial charge in [0.1, 0.15) is 0 Å². The van der Waals surface area contributed by atoms with Gasteiger partial charge in [0.2, 0.25) is 0 Å². The molecule has 0 fully saturated rings. The summed E-state index contributed by atoms with van der Waals surface area (Å²) in [5.41, 5.74) is 12.4. The maximum Gasteiger partial charge on any atom is 0.159 e. The molecule has 2 rings (SSSR count). The number of nitrogens with zero attached hydrogens (tertiary/aromatic N) is 2. The molecule has 0 aliphatic rings. The molecule has 0 bridgehead atoms. The average Bonchev–Trinajstić information content (AvgIpc) is 2.43. The van der Waals surface area contributed by atoms with E-state index in [2.05, 4.69) is 55.8 Å². The van der Waals surface area contributed by atoms with Crippen LogP contribution in [-0.4, -0.2) is 16.5 Å². The van der Waals surface area contributed by atoms with E-state index in [-0.39, 0.29) is 0 Å². The highest BCUT2D eigenvalue weighted by Crippen LogP contribution is 2.27. The monoisotopic (exact) mass is 347 g/mol. The molecule has 0 aliphatic carbocycles. The summed E-state index contributed by atoms with van der Waals surface area (Å²) in [6, 6.07) is 4.26. The first-order valence-electron chi connectivity index (χ1n) is 7.25. The summed E-state index contributed by atoms with van der Waals surface area (Å²) < 4.78 is 1.15. The van der Waals surface area contributed by atoms with Crippen LogP contribution in [0.25, 0.3) is 11.4 Å². The maximum absolute atomic E-state index is 5.60. The molecule has 0 radical (unpaired) electrons. The van der Waals surface area contributed by atoms with Gasteiger partial charge in [-0.3, -0.25) is 0 Å². The van der Waals surface area contributed by atoms with Crippen LogP contribution in [0.2, 0.25) is 0 Å². The van der Waals surface area contributed by atoms with Gasteiger partial charge in [-0.05, 0) is 75.9 Å². The topological polar surface area (TPSA) is 51.8 Å². The molecule has 0 unspecified atom stereocenters. The molecule has 2 N–H and O–H groups in total. The van der Waals surface area contributed by atoms with Crippen LogP contribution in [0, 0.1) is 27.7 Å². The van der Waals surface area contributed by atoms with Crippen molar-refractivity contribution in [3.63, 3.8) is 0 Å². The van der Waals surface area contributed by atoms with Crippen molar-refractivity contribution in [2.45, 2.75) is 40.5 Å². The molecule has 112 valence electrons. The lowest BCUT2D eigenvalue weighted by atomic mass is 10.0. The minimum absolute atomic E-state index is 0.700. The summed E-state index contributed by atoms with van der Waals surface area (Å²) >= 11 is 3.60. The van der Waals surface area contributed by atoms with Crippen LogP contribution < -0.4 is 5.73 Å². The van der Waals surface area contributed by atoms with Crippen LogP contribution in [0.15, 0.2) is 16.6 Å². The van der Waals surface area contributed by atoms with Gasteiger partial charge in [0.05, 0.1) is 0 Å². The molecule has 4 heteroatoms. The van der Waals surface area contributed by atoms with Crippen molar-refractivity contribution in [2.24, 2.45) is 5.73 Å². The van der Waals surface area contributed by atoms with Crippen LogP contribution in [0.5, 0.6) is 0 Å². The van der Waals surface area contributed by atoms with E-state index in [1.165, 1.54) is 16.7 Å². The number of aryl methyl sites for hydroxylation is 4. The van der Waals surface area contributed by atoms with Crippen molar-refractivity contribution in [2.75, 3.05) is 6.54 Å². The molecule has 3 nitrogen and oxygen atoms in total. The van der Waals surface area contributed by atoms with Crippen LogP contribution in [0.3, 0.4) is 0 Å². The summed E-state index contributed by atoms with van der Waals surface area (Å²) in [5.74, 6) is 0.806. The van der Waals surface area contributed by atoms with Crippen molar-refractivity contribution < 1.29 is 0 Å². The molecule has 1 aromatic carbocycles. The SMILES string of the molecule is Cc1cc(-c2nc(C)c(CCCN)c(C)n2)cc(C)c1Br. The Kier molecular flexibility index (Phi) is 5.12. The minimum atomic E-state index is 0.700. The molecule has 0 saturated carbocycles. The Labute approximate surface area is 135 Å².